The lowest BCUT2D eigenvalue weighted by Gasteiger charge is -2.16. The summed E-state index contributed by atoms with van der Waals surface area (Å²) in [6.07, 6.45) is 3.01. The van der Waals surface area contributed by atoms with Gasteiger partial charge in [-0.25, -0.2) is 9.98 Å². The summed E-state index contributed by atoms with van der Waals surface area (Å²) in [4.78, 5) is 21.7. The molecule has 0 bridgehead atoms. The van der Waals surface area contributed by atoms with Crippen LogP contribution < -0.4 is 9.64 Å². The van der Waals surface area contributed by atoms with Gasteiger partial charge in [0.05, 0.1) is 18.3 Å². The van der Waals surface area contributed by atoms with Gasteiger partial charge in [0.15, 0.2) is 5.75 Å². The molecule has 0 aliphatic rings. The van der Waals surface area contributed by atoms with E-state index in [-0.39, 0.29) is 28.8 Å². The molecule has 8 heteroatoms. The highest BCUT2D eigenvalue weighted by molar-refractivity contribution is 6.36. The Labute approximate surface area is 149 Å². The Morgan fingerprint density at radius 3 is 2.75 bits per heavy atom. The SMILES string of the molecule is CCC(=O)N(/C=N\c1cc(Cl)cc(Cl)c1O)c1ccc(OC)cn1. The lowest BCUT2D eigenvalue weighted by molar-refractivity contribution is -0.117. The minimum atomic E-state index is -0.219. The highest BCUT2D eigenvalue weighted by Gasteiger charge is 2.14. The molecule has 6 nitrogen and oxygen atoms in total. The molecule has 0 saturated carbocycles. The van der Waals surface area contributed by atoms with Crippen LogP contribution in [0.15, 0.2) is 35.5 Å². The molecule has 2 rings (SSSR count). The van der Waals surface area contributed by atoms with E-state index in [2.05, 4.69) is 9.98 Å². The van der Waals surface area contributed by atoms with Crippen LogP contribution in [-0.2, 0) is 4.79 Å². The van der Waals surface area contributed by atoms with Crippen molar-refractivity contribution >= 4 is 47.0 Å². The molecule has 2 aromatic rings. The van der Waals surface area contributed by atoms with Gasteiger partial charge in [0.1, 0.15) is 23.6 Å². The van der Waals surface area contributed by atoms with Crippen LogP contribution in [0.4, 0.5) is 11.5 Å². The number of phenols is 1. The molecule has 1 heterocycles. The third-order valence-electron chi connectivity index (χ3n) is 3.09. The third kappa shape index (κ3) is 4.15. The van der Waals surface area contributed by atoms with Crippen LogP contribution in [0.5, 0.6) is 11.5 Å². The maximum Gasteiger partial charge on any atom is 0.233 e. The number of hydrogen-bond donors (Lipinski definition) is 1. The first-order valence-electron chi connectivity index (χ1n) is 7.00. The molecule has 1 amide bonds. The maximum atomic E-state index is 12.2. The number of carbonyl (C=O) groups excluding carboxylic acids is 1. The monoisotopic (exact) mass is 367 g/mol. The summed E-state index contributed by atoms with van der Waals surface area (Å²) in [7, 11) is 1.53. The van der Waals surface area contributed by atoms with Crippen LogP contribution in [-0.4, -0.2) is 29.4 Å². The van der Waals surface area contributed by atoms with Gasteiger partial charge in [0, 0.05) is 11.4 Å². The number of amides is 1. The van der Waals surface area contributed by atoms with Crippen molar-refractivity contribution in [1.29, 1.82) is 0 Å². The molecular weight excluding hydrogens is 353 g/mol. The van der Waals surface area contributed by atoms with E-state index >= 15 is 0 Å². The number of methoxy groups -OCH3 is 1. The molecule has 0 fully saturated rings. The minimum Gasteiger partial charge on any atom is -0.504 e. The fourth-order valence-corrected chi connectivity index (χ4v) is 2.31. The van der Waals surface area contributed by atoms with E-state index in [0.29, 0.717) is 16.6 Å². The van der Waals surface area contributed by atoms with Crippen molar-refractivity contribution in [3.8, 4) is 11.5 Å². The van der Waals surface area contributed by atoms with Crippen LogP contribution in [0.3, 0.4) is 0 Å². The van der Waals surface area contributed by atoms with Crippen molar-refractivity contribution in [2.45, 2.75) is 13.3 Å². The third-order valence-corrected chi connectivity index (χ3v) is 3.60. The van der Waals surface area contributed by atoms with Crippen molar-refractivity contribution < 1.29 is 14.6 Å². The van der Waals surface area contributed by atoms with E-state index in [1.807, 2.05) is 0 Å². The predicted molar refractivity (Wildman–Crippen MR) is 94.8 cm³/mol. The number of aromatic nitrogens is 1. The second-order valence-corrected chi connectivity index (χ2v) is 5.52. The summed E-state index contributed by atoms with van der Waals surface area (Å²) in [6, 6.07) is 6.15. The molecule has 0 unspecified atom stereocenters. The standard InChI is InChI=1S/C16H15Cl2N3O3/c1-3-15(22)21(14-5-4-11(24-2)8-19-14)9-20-13-7-10(17)6-12(18)16(13)23/h4-9,23H,3H2,1-2H3/b20-9-. The molecule has 0 saturated heterocycles. The normalized spacial score (nSPS) is 10.8. The van der Waals surface area contributed by atoms with E-state index < -0.39 is 0 Å². The Balaban J connectivity index is 2.37. The summed E-state index contributed by atoms with van der Waals surface area (Å²) in [5.74, 6) is 0.505. The Kier molecular flexibility index (Phi) is 6.00. The summed E-state index contributed by atoms with van der Waals surface area (Å²) in [6.45, 7) is 1.72. The van der Waals surface area contributed by atoms with E-state index in [0.717, 1.165) is 0 Å². The van der Waals surface area contributed by atoms with Gasteiger partial charge in [-0.05, 0) is 24.3 Å². The molecule has 0 radical (unpaired) electrons. The maximum absolute atomic E-state index is 12.2. The van der Waals surface area contributed by atoms with E-state index in [4.69, 9.17) is 27.9 Å². The number of anilines is 1. The highest BCUT2D eigenvalue weighted by Crippen LogP contribution is 2.36. The molecule has 0 atom stereocenters. The first kappa shape index (κ1) is 18.0. The van der Waals surface area contributed by atoms with E-state index in [1.54, 1.807) is 19.1 Å². The number of ether oxygens (including phenoxy) is 1. The largest absolute Gasteiger partial charge is 0.504 e. The summed E-state index contributed by atoms with van der Waals surface area (Å²) < 4.78 is 5.05. The van der Waals surface area contributed by atoms with Gasteiger partial charge in [-0.2, -0.15) is 0 Å². The summed E-state index contributed by atoms with van der Waals surface area (Å²) >= 11 is 11.8. The predicted octanol–water partition coefficient (Wildman–Crippen LogP) is 4.21. The lowest BCUT2D eigenvalue weighted by atomic mass is 10.3. The minimum absolute atomic E-state index is 0.0746. The molecule has 0 aliphatic heterocycles. The first-order chi connectivity index (χ1) is 11.5. The Morgan fingerprint density at radius 2 is 2.17 bits per heavy atom. The van der Waals surface area contributed by atoms with Gasteiger partial charge in [-0.3, -0.25) is 9.69 Å². The summed E-state index contributed by atoms with van der Waals surface area (Å²) in [5.41, 5.74) is 0.148. The number of rotatable bonds is 5. The highest BCUT2D eigenvalue weighted by atomic mass is 35.5. The van der Waals surface area contributed by atoms with Crippen molar-refractivity contribution in [1.82, 2.24) is 4.98 Å². The van der Waals surface area contributed by atoms with Crippen molar-refractivity contribution in [3.05, 3.63) is 40.5 Å². The van der Waals surface area contributed by atoms with E-state index in [1.165, 1.54) is 36.7 Å². The lowest BCUT2D eigenvalue weighted by Crippen LogP contribution is -2.29. The van der Waals surface area contributed by atoms with Gasteiger partial charge in [-0.15, -0.1) is 0 Å². The Bertz CT molecular complexity index is 764. The van der Waals surface area contributed by atoms with Gasteiger partial charge in [0.2, 0.25) is 5.91 Å². The molecule has 24 heavy (non-hydrogen) atoms. The van der Waals surface area contributed by atoms with Crippen LogP contribution in [0, 0.1) is 0 Å². The average Bonchev–Trinajstić information content (AvgIpc) is 2.59. The number of aliphatic imine (C=N–C) groups is 1. The molecular formula is C16H15Cl2N3O3. The second kappa shape index (κ2) is 7.99. The summed E-state index contributed by atoms with van der Waals surface area (Å²) in [5, 5.41) is 10.3. The zero-order valence-electron chi connectivity index (χ0n) is 13.0. The number of phenolic OH excluding ortho intramolecular Hbond substituents is 1. The molecule has 0 aliphatic carbocycles. The topological polar surface area (TPSA) is 75.0 Å². The fraction of sp³-hybridized carbons (Fsp3) is 0.188. The molecule has 1 N–H and O–H groups in total. The Morgan fingerprint density at radius 1 is 1.42 bits per heavy atom. The average molecular weight is 368 g/mol. The van der Waals surface area contributed by atoms with Crippen molar-refractivity contribution in [2.75, 3.05) is 12.0 Å². The smallest absolute Gasteiger partial charge is 0.233 e. The number of benzene rings is 1. The van der Waals surface area contributed by atoms with Crippen molar-refractivity contribution in [3.63, 3.8) is 0 Å². The van der Waals surface area contributed by atoms with Gasteiger partial charge in [-0.1, -0.05) is 30.1 Å². The van der Waals surface area contributed by atoms with Gasteiger partial charge < -0.3 is 9.84 Å². The zero-order valence-corrected chi connectivity index (χ0v) is 14.5. The number of aromatic hydroxyl groups is 1. The number of nitrogens with zero attached hydrogens (tertiary/aromatic N) is 3. The fourth-order valence-electron chi connectivity index (χ4n) is 1.83. The zero-order chi connectivity index (χ0) is 17.7. The molecule has 1 aromatic carbocycles. The number of hydrogen-bond acceptors (Lipinski definition) is 5. The van der Waals surface area contributed by atoms with Crippen molar-refractivity contribution in [2.24, 2.45) is 4.99 Å². The molecule has 1 aromatic heterocycles. The second-order valence-electron chi connectivity index (χ2n) is 4.67. The molecule has 126 valence electrons. The number of halogens is 2. The van der Waals surface area contributed by atoms with Gasteiger partial charge >= 0.3 is 0 Å². The quantitative estimate of drug-likeness (QED) is 0.634. The van der Waals surface area contributed by atoms with E-state index in [9.17, 15) is 9.90 Å². The first-order valence-corrected chi connectivity index (χ1v) is 7.76. The number of pyridine rings is 1. The van der Waals surface area contributed by atoms with Gasteiger partial charge in [0.25, 0.3) is 0 Å². The number of carbonyl (C=O) groups is 1. The van der Waals surface area contributed by atoms with Crippen LogP contribution >= 0.6 is 23.2 Å². The van der Waals surface area contributed by atoms with Crippen LogP contribution in [0.25, 0.3) is 0 Å². The van der Waals surface area contributed by atoms with Crippen LogP contribution in [0.2, 0.25) is 10.0 Å². The molecule has 0 spiro atoms. The Hall–Kier alpha value is -2.31. The van der Waals surface area contributed by atoms with Crippen LogP contribution in [0.1, 0.15) is 13.3 Å².